The Morgan fingerprint density at radius 2 is 1.94 bits per heavy atom. The second-order valence-corrected chi connectivity index (χ2v) is 9.69. The normalized spacial score (nSPS) is 27.5. The number of aromatic nitrogens is 1. The lowest BCUT2D eigenvalue weighted by Crippen LogP contribution is -2.75. The van der Waals surface area contributed by atoms with Crippen molar-refractivity contribution in [2.24, 2.45) is 5.41 Å². The summed E-state index contributed by atoms with van der Waals surface area (Å²) in [4.78, 5) is 58.6. The molecule has 13 heteroatoms. The van der Waals surface area contributed by atoms with Gasteiger partial charge in [-0.3, -0.25) is 29.9 Å². The number of nitrogens with one attached hydrogen (secondary N) is 2. The number of nitrogens with zero attached hydrogens (tertiary/aromatic N) is 3. The lowest BCUT2D eigenvalue weighted by molar-refractivity contribution is -0.153. The molecule has 1 aromatic heterocycles. The Morgan fingerprint density at radius 3 is 2.64 bits per heavy atom. The molecule has 3 atom stereocenters. The van der Waals surface area contributed by atoms with Gasteiger partial charge >= 0.3 is 6.03 Å². The molecule has 3 unspecified atom stereocenters. The molecule has 0 radical (unpaired) electrons. The summed E-state index contributed by atoms with van der Waals surface area (Å²) < 4.78 is 27.3. The van der Waals surface area contributed by atoms with Crippen LogP contribution in [0.5, 0.6) is 0 Å². The summed E-state index contributed by atoms with van der Waals surface area (Å²) in [7, 11) is 0. The highest BCUT2D eigenvalue weighted by Crippen LogP contribution is 2.49. The van der Waals surface area contributed by atoms with Crippen LogP contribution in [0.3, 0.4) is 0 Å². The number of ether oxygens (including phenoxy) is 1. The maximum Gasteiger partial charge on any atom is 0.328 e. The van der Waals surface area contributed by atoms with Crippen molar-refractivity contribution in [3.05, 3.63) is 23.1 Å². The number of morpholine rings is 1. The van der Waals surface area contributed by atoms with Crippen molar-refractivity contribution in [1.82, 2.24) is 20.9 Å². The second-order valence-electron chi connectivity index (χ2n) is 9.69. The predicted molar refractivity (Wildman–Crippen MR) is 119 cm³/mol. The molecule has 0 aliphatic carbocycles. The van der Waals surface area contributed by atoms with Gasteiger partial charge in [0.15, 0.2) is 16.9 Å². The largest absolute Gasteiger partial charge is 0.372 e. The van der Waals surface area contributed by atoms with Gasteiger partial charge in [-0.25, -0.2) is 14.2 Å². The summed E-state index contributed by atoms with van der Waals surface area (Å²) >= 11 is 0. The van der Waals surface area contributed by atoms with Crippen molar-refractivity contribution in [2.45, 2.75) is 51.4 Å². The number of imide groups is 2. The summed E-state index contributed by atoms with van der Waals surface area (Å²) in [6.07, 6.45) is 0.365. The lowest BCUT2D eigenvalue weighted by atomic mass is 9.66. The highest BCUT2D eigenvalue weighted by molar-refractivity contribution is 6.20. The van der Waals surface area contributed by atoms with Crippen molar-refractivity contribution in [1.29, 1.82) is 0 Å². The molecule has 2 N–H and O–H groups in total. The molecule has 1 aromatic carbocycles. The van der Waals surface area contributed by atoms with Crippen molar-refractivity contribution in [3.63, 3.8) is 0 Å². The van der Waals surface area contributed by atoms with Gasteiger partial charge in [-0.05, 0) is 38.3 Å². The van der Waals surface area contributed by atoms with E-state index in [0.29, 0.717) is 18.7 Å². The molecule has 1 spiro atoms. The maximum absolute atomic E-state index is 16.1. The van der Waals surface area contributed by atoms with E-state index in [1.807, 2.05) is 0 Å². The number of carbonyl (C=O) groups is 4. The fourth-order valence-electron chi connectivity index (χ4n) is 5.98. The topological polar surface area (TPSA) is 143 Å². The first-order valence-corrected chi connectivity index (χ1v) is 11.9. The molecule has 4 aliphatic heterocycles. The first kappa shape index (κ1) is 22.9. The van der Waals surface area contributed by atoms with E-state index >= 15 is 4.39 Å². The van der Waals surface area contributed by atoms with Crippen LogP contribution in [0.1, 0.15) is 42.7 Å². The van der Waals surface area contributed by atoms with Gasteiger partial charge in [0.1, 0.15) is 0 Å². The third-order valence-corrected chi connectivity index (χ3v) is 7.40. The minimum absolute atomic E-state index is 0.112. The smallest absolute Gasteiger partial charge is 0.328 e. The maximum atomic E-state index is 16.1. The van der Waals surface area contributed by atoms with Crippen LogP contribution < -0.4 is 15.5 Å². The van der Waals surface area contributed by atoms with Crippen molar-refractivity contribution in [3.8, 4) is 0 Å². The van der Waals surface area contributed by atoms with Crippen LogP contribution in [-0.4, -0.2) is 71.9 Å². The van der Waals surface area contributed by atoms with Gasteiger partial charge in [-0.1, -0.05) is 5.16 Å². The Bertz CT molecular complexity index is 1300. The van der Waals surface area contributed by atoms with Crippen LogP contribution in [0, 0.1) is 11.2 Å². The molecule has 12 nitrogen and oxygen atoms in total. The van der Waals surface area contributed by atoms with Gasteiger partial charge in [0.25, 0.3) is 5.91 Å². The van der Waals surface area contributed by atoms with Crippen LogP contribution in [0.15, 0.2) is 10.6 Å². The molecular formula is C23H24FN5O7. The van der Waals surface area contributed by atoms with Crippen LogP contribution >= 0.6 is 0 Å². The van der Waals surface area contributed by atoms with E-state index in [1.54, 1.807) is 18.7 Å². The fraction of sp³-hybridized carbons (Fsp3) is 0.522. The van der Waals surface area contributed by atoms with Crippen LogP contribution in [0.2, 0.25) is 0 Å². The van der Waals surface area contributed by atoms with Gasteiger partial charge in [0.05, 0.1) is 35.9 Å². The number of benzene rings is 1. The van der Waals surface area contributed by atoms with E-state index in [2.05, 4.69) is 15.8 Å². The van der Waals surface area contributed by atoms with E-state index in [4.69, 9.17) is 14.1 Å². The number of urea groups is 1. The highest BCUT2D eigenvalue weighted by Gasteiger charge is 2.63. The summed E-state index contributed by atoms with van der Waals surface area (Å²) in [5, 5.41) is 9.52. The summed E-state index contributed by atoms with van der Waals surface area (Å²) in [5.41, 5.74) is -1.63. The second kappa shape index (κ2) is 7.96. The third kappa shape index (κ3) is 3.08. The lowest BCUT2D eigenvalue weighted by Gasteiger charge is -2.55. The minimum Gasteiger partial charge on any atom is -0.372 e. The molecule has 5 amide bonds. The van der Waals surface area contributed by atoms with Gasteiger partial charge in [0.2, 0.25) is 17.4 Å². The molecule has 3 fully saturated rings. The van der Waals surface area contributed by atoms with Gasteiger partial charge < -0.3 is 14.2 Å². The zero-order valence-electron chi connectivity index (χ0n) is 19.6. The first-order chi connectivity index (χ1) is 17.2. The van der Waals surface area contributed by atoms with Gasteiger partial charge in [-0.15, -0.1) is 0 Å². The average Bonchev–Trinajstić information content (AvgIpc) is 3.26. The number of anilines is 1. The van der Waals surface area contributed by atoms with E-state index < -0.39 is 47.1 Å². The Kier molecular flexibility index (Phi) is 5.06. The Labute approximate surface area is 204 Å². The SMILES string of the molecule is CC1CN2c3c(cc4c(C(=O)N5CCCCO5)noc4c3F)CC3(C(=O)NC(=O)NC3=O)C2C(C)O1. The van der Waals surface area contributed by atoms with Gasteiger partial charge in [0, 0.05) is 19.5 Å². The van der Waals surface area contributed by atoms with Crippen molar-refractivity contribution >= 4 is 40.4 Å². The van der Waals surface area contributed by atoms with Crippen LogP contribution in [0.4, 0.5) is 14.9 Å². The van der Waals surface area contributed by atoms with E-state index in [-0.39, 0.29) is 41.4 Å². The molecular weight excluding hydrogens is 477 g/mol. The van der Waals surface area contributed by atoms with Crippen LogP contribution in [0.25, 0.3) is 11.0 Å². The monoisotopic (exact) mass is 501 g/mol. The summed E-state index contributed by atoms with van der Waals surface area (Å²) in [6.45, 7) is 4.44. The highest BCUT2D eigenvalue weighted by atomic mass is 19.1. The molecule has 2 aromatic rings. The van der Waals surface area contributed by atoms with Crippen molar-refractivity contribution in [2.75, 3.05) is 24.6 Å². The molecule has 190 valence electrons. The average molecular weight is 501 g/mol. The number of fused-ring (bicyclic) bond motifs is 5. The number of amides is 5. The zero-order chi connectivity index (χ0) is 25.4. The molecule has 5 heterocycles. The molecule has 0 bridgehead atoms. The Balaban J connectivity index is 1.53. The standard InChI is InChI=1S/C23H24FN5O7/c1-10-9-28-16-12(8-23(18(28)11(2)35-10)20(31)25-22(33)26-21(23)32)7-13-15(27-36-17(13)14(16)24)19(30)29-5-3-4-6-34-29/h7,10-11,18H,3-6,8-9H2,1-2H3,(H2,25,26,31,32,33). The third-order valence-electron chi connectivity index (χ3n) is 7.40. The van der Waals surface area contributed by atoms with E-state index in [9.17, 15) is 19.2 Å². The minimum atomic E-state index is -1.77. The van der Waals surface area contributed by atoms with Crippen molar-refractivity contribution < 1.29 is 37.7 Å². The first-order valence-electron chi connectivity index (χ1n) is 11.9. The molecule has 3 saturated heterocycles. The molecule has 0 saturated carbocycles. The number of hydroxylamine groups is 2. The van der Waals surface area contributed by atoms with E-state index in [1.165, 1.54) is 11.1 Å². The number of rotatable bonds is 1. The number of hydrogen-bond acceptors (Lipinski definition) is 9. The number of barbiturate groups is 1. The zero-order valence-corrected chi connectivity index (χ0v) is 19.6. The quantitative estimate of drug-likeness (QED) is 0.548. The summed E-state index contributed by atoms with van der Waals surface area (Å²) in [6, 6.07) is -0.283. The number of halogens is 1. The number of carbonyl (C=O) groups excluding carboxylic acids is 4. The predicted octanol–water partition coefficient (Wildman–Crippen LogP) is 1.03. The molecule has 36 heavy (non-hydrogen) atoms. The Hall–Kier alpha value is -3.58. The molecule has 4 aliphatic rings. The van der Waals surface area contributed by atoms with E-state index in [0.717, 1.165) is 12.8 Å². The summed E-state index contributed by atoms with van der Waals surface area (Å²) in [5.74, 6) is -2.89. The van der Waals surface area contributed by atoms with Crippen LogP contribution in [-0.2, 0) is 25.6 Å². The fourth-order valence-corrected chi connectivity index (χ4v) is 5.98. The number of hydrogen-bond donors (Lipinski definition) is 2. The van der Waals surface area contributed by atoms with Gasteiger partial charge in [-0.2, -0.15) is 0 Å². The Morgan fingerprint density at radius 1 is 1.19 bits per heavy atom. The molecule has 6 rings (SSSR count).